The molecule has 4 atom stereocenters. The number of anilines is 2. The summed E-state index contributed by atoms with van der Waals surface area (Å²) in [6, 6.07) is 22.9. The molecule has 6 rings (SSSR count). The number of likely N-dealkylation sites (N-methyl/N-ethyl adjacent to an activating group) is 2. The van der Waals surface area contributed by atoms with Crippen LogP contribution in [0, 0.1) is 11.6 Å². The third-order valence-corrected chi connectivity index (χ3v) is 12.9. The number of urea groups is 2. The quantitative estimate of drug-likeness (QED) is 0.0279. The van der Waals surface area contributed by atoms with Crippen LogP contribution in [0.25, 0.3) is 21.5 Å². The molecule has 460 valence electrons. The van der Waals surface area contributed by atoms with Crippen LogP contribution in [-0.2, 0) is 40.7 Å². The SMILES string of the molecule is C.C.CN(C(=O)NCc1cccc(F)c1Cl)[C@H](COC(=O)Nc1cc2ccccc2cn1)C[C@@H](O)COP(=O)(O)O.CN(C(=O)NCc1cccc(F)c1Cl)[C@H](COC(=O)Nc1cc2ccccc2cn1)C[C@@H](O)COP(=O)([O-])[O-].S.S.[Na+].[Na+].[Na+].[OH-]. The number of carbonyl (C=O) groups is 4. The van der Waals surface area contributed by atoms with Crippen molar-refractivity contribution in [2.45, 2.75) is 65.1 Å². The molecule has 0 bridgehead atoms. The molecule has 25 nitrogen and oxygen atoms in total. The van der Waals surface area contributed by atoms with Gasteiger partial charge in [0.1, 0.15) is 36.5 Å². The number of ether oxygens (including phenoxy) is 2. The summed E-state index contributed by atoms with van der Waals surface area (Å²) in [5.74, 6) is -0.873. The Morgan fingerprint density at radius 1 is 0.605 bits per heavy atom. The number of aromatic nitrogens is 2. The van der Waals surface area contributed by atoms with Crippen molar-refractivity contribution in [2.24, 2.45) is 0 Å². The molecule has 2 aromatic heterocycles. The predicted molar refractivity (Wildman–Crippen MR) is 313 cm³/mol. The van der Waals surface area contributed by atoms with Crippen LogP contribution in [0.5, 0.6) is 0 Å². The molecule has 2 heterocycles. The normalized spacial score (nSPS) is 11.8. The van der Waals surface area contributed by atoms with Crippen LogP contribution in [0.2, 0.25) is 10.0 Å². The van der Waals surface area contributed by atoms with Gasteiger partial charge in [-0.3, -0.25) is 15.2 Å². The van der Waals surface area contributed by atoms with Crippen molar-refractivity contribution in [3.63, 3.8) is 0 Å². The van der Waals surface area contributed by atoms with Crippen molar-refractivity contribution < 1.29 is 180 Å². The van der Waals surface area contributed by atoms with E-state index >= 15 is 0 Å². The number of fused-ring (bicyclic) bond motifs is 2. The summed E-state index contributed by atoms with van der Waals surface area (Å²) in [4.78, 5) is 100. The van der Waals surface area contributed by atoms with Gasteiger partial charge in [-0.1, -0.05) is 111 Å². The summed E-state index contributed by atoms with van der Waals surface area (Å²) in [6.45, 7) is -2.69. The van der Waals surface area contributed by atoms with Gasteiger partial charge in [0.15, 0.2) is 0 Å². The minimum absolute atomic E-state index is 0. The molecule has 6 aromatic rings. The summed E-state index contributed by atoms with van der Waals surface area (Å²) in [6.07, 6.45) is -2.18. The Hall–Kier alpha value is -2.98. The van der Waals surface area contributed by atoms with E-state index in [1.807, 2.05) is 48.5 Å². The van der Waals surface area contributed by atoms with E-state index in [9.17, 15) is 57.1 Å². The van der Waals surface area contributed by atoms with Crippen molar-refractivity contribution in [3.05, 3.63) is 142 Å². The van der Waals surface area contributed by atoms with Crippen LogP contribution in [0.3, 0.4) is 0 Å². The standard InChI is InChI=1S/2C24H27ClFN4O8P.2CH4.3Na.H2O.2H2S/c2*1-30(23(32)28-12-17-7-4-8-20(26)22(17)25)18(10-19(31)14-38-39(34,35)36)13-37-24(33)29-21-9-15-5-2-3-6-16(15)11-27-21;;;;;;;;/h2*2-9,11,18-19,31H,10,12-14H2,1H3,(H,28,32)(H,27,29,33)(H2,34,35,36);2*1H4;;;;3*1H2/q;;;;3*+1;;;/p-3/t2*18-,19+;;;;;;;;/m00......../s1. The van der Waals surface area contributed by atoms with Crippen molar-refractivity contribution in [3.8, 4) is 0 Å². The van der Waals surface area contributed by atoms with E-state index in [1.54, 1.807) is 24.5 Å². The van der Waals surface area contributed by atoms with Gasteiger partial charge in [0.25, 0.3) is 0 Å². The number of hydrogen-bond donors (Lipinski definition) is 8. The first-order chi connectivity index (χ1) is 36.8. The fourth-order valence-corrected chi connectivity index (χ4v) is 8.13. The second kappa shape index (κ2) is 43.7. The van der Waals surface area contributed by atoms with Crippen molar-refractivity contribution >= 4 is 123 Å². The number of aliphatic hydroxyl groups is 2. The molecule has 0 radical (unpaired) electrons. The Morgan fingerprint density at radius 2 is 0.953 bits per heavy atom. The number of nitrogens with one attached hydrogen (secondary N) is 4. The Bertz CT molecular complexity index is 2960. The molecule has 36 heteroatoms. The number of carbonyl (C=O) groups excluding carboxylic acids is 4. The molecular weight excluding hydrogens is 1290 g/mol. The van der Waals surface area contributed by atoms with Crippen LogP contribution >= 0.6 is 65.8 Å². The molecule has 0 saturated heterocycles. The molecule has 0 unspecified atom stereocenters. The van der Waals surface area contributed by atoms with Gasteiger partial charge in [-0.25, -0.2) is 42.5 Å². The van der Waals surface area contributed by atoms with E-state index < -0.39 is 102 Å². The van der Waals surface area contributed by atoms with Gasteiger partial charge in [0.2, 0.25) is 0 Å². The summed E-state index contributed by atoms with van der Waals surface area (Å²) < 4.78 is 68.0. The Morgan fingerprint density at radius 3 is 1.30 bits per heavy atom. The van der Waals surface area contributed by atoms with Crippen LogP contribution in [0.15, 0.2) is 109 Å². The maximum atomic E-state index is 13.7. The summed E-state index contributed by atoms with van der Waals surface area (Å²) in [7, 11) is -7.50. The van der Waals surface area contributed by atoms with Gasteiger partial charge >= 0.3 is 121 Å². The molecular formula is C50H65Cl2F2N8Na3O17P2S2. The zero-order chi connectivity index (χ0) is 57.2. The van der Waals surface area contributed by atoms with E-state index in [0.29, 0.717) is 11.1 Å². The van der Waals surface area contributed by atoms with Crippen LogP contribution in [0.1, 0.15) is 38.8 Å². The first-order valence-electron chi connectivity index (χ1n) is 23.0. The largest absolute Gasteiger partial charge is 1.00 e. The number of aliphatic hydroxyl groups excluding tert-OH is 2. The summed E-state index contributed by atoms with van der Waals surface area (Å²) in [5.41, 5.74) is 0.632. The number of halogens is 4. The molecule has 0 fully saturated rings. The Kier molecular flexibility index (Phi) is 45.4. The third-order valence-electron chi connectivity index (χ3n) is 11.1. The second-order valence-corrected chi connectivity index (χ2v) is 20.0. The number of rotatable bonds is 22. The van der Waals surface area contributed by atoms with E-state index in [2.05, 4.69) is 40.3 Å². The smallest absolute Gasteiger partial charge is 0.870 e. The first kappa shape index (κ1) is 89.4. The zero-order valence-corrected chi connectivity index (χ0v) is 57.0. The summed E-state index contributed by atoms with van der Waals surface area (Å²) in [5, 5.41) is 33.5. The number of nitrogens with zero attached hydrogens (tertiary/aromatic N) is 4. The van der Waals surface area contributed by atoms with Gasteiger partial charge in [-0.15, -0.1) is 0 Å². The van der Waals surface area contributed by atoms with Crippen LogP contribution < -0.4 is 120 Å². The monoisotopic (exact) mass is 1350 g/mol. The van der Waals surface area contributed by atoms with E-state index in [4.69, 9.17) is 42.5 Å². The molecule has 86 heavy (non-hydrogen) atoms. The molecule has 9 N–H and O–H groups in total. The van der Waals surface area contributed by atoms with Crippen LogP contribution in [0.4, 0.5) is 39.6 Å². The topological polar surface area (TPSA) is 377 Å². The second-order valence-electron chi connectivity index (χ2n) is 16.9. The van der Waals surface area contributed by atoms with Crippen molar-refractivity contribution in [1.29, 1.82) is 0 Å². The average Bonchev–Trinajstić information content (AvgIpc) is 3.47. The number of benzene rings is 4. The molecule has 0 aliphatic carbocycles. The minimum Gasteiger partial charge on any atom is -0.870 e. The van der Waals surface area contributed by atoms with E-state index in [-0.39, 0.29) is 184 Å². The van der Waals surface area contributed by atoms with Gasteiger partial charge < -0.3 is 74.3 Å². The molecule has 4 aromatic carbocycles. The predicted octanol–water partition coefficient (Wildman–Crippen LogP) is -1.64. The maximum absolute atomic E-state index is 13.7. The van der Waals surface area contributed by atoms with Crippen molar-refractivity contribution in [2.75, 3.05) is 51.2 Å². The number of amides is 6. The van der Waals surface area contributed by atoms with Gasteiger partial charge in [0.05, 0.1) is 55.4 Å². The minimum atomic E-state index is -5.35. The average molecular weight is 1350 g/mol. The number of hydrogen-bond acceptors (Lipinski definition) is 17. The zero-order valence-electron chi connectivity index (χ0n) is 45.7. The van der Waals surface area contributed by atoms with E-state index in [0.717, 1.165) is 37.4 Å². The number of phosphoric acid groups is 2. The van der Waals surface area contributed by atoms with Gasteiger partial charge in [-0.2, -0.15) is 27.0 Å². The molecule has 6 amide bonds. The Labute approximate surface area is 585 Å². The maximum Gasteiger partial charge on any atom is 1.00 e. The van der Waals surface area contributed by atoms with Crippen molar-refractivity contribution in [1.82, 2.24) is 30.4 Å². The van der Waals surface area contributed by atoms with Gasteiger partial charge in [0, 0.05) is 50.4 Å². The van der Waals surface area contributed by atoms with Gasteiger partial charge in [-0.05, 0) is 59.0 Å². The van der Waals surface area contributed by atoms with Crippen LogP contribution in [-0.4, -0.2) is 134 Å². The summed E-state index contributed by atoms with van der Waals surface area (Å²) >= 11 is 11.8. The van der Waals surface area contributed by atoms with E-state index in [1.165, 1.54) is 44.4 Å². The fraction of sp³-hybridized carbons (Fsp3) is 0.320. The Balaban J connectivity index is -0.000000715. The molecule has 0 aliphatic heterocycles. The number of phosphoric ester groups is 2. The number of pyridine rings is 2. The first-order valence-corrected chi connectivity index (χ1v) is 26.8. The third kappa shape index (κ3) is 31.2. The molecule has 0 spiro atoms. The molecule has 0 saturated carbocycles. The fourth-order valence-electron chi connectivity index (χ4n) is 7.02. The molecule has 0 aliphatic rings.